The monoisotopic (exact) mass is 414 g/mol. The Morgan fingerprint density at radius 3 is 2.38 bits per heavy atom. The maximum Gasteiger partial charge on any atom is 0.337 e. The summed E-state index contributed by atoms with van der Waals surface area (Å²) in [4.78, 5) is 17.0. The molecule has 1 aromatic rings. The Kier molecular flexibility index (Phi) is 7.77. The highest BCUT2D eigenvalue weighted by Crippen LogP contribution is 2.36. The topological polar surface area (TPSA) is 191 Å². The van der Waals surface area contributed by atoms with Crippen LogP contribution in [-0.2, 0) is 14.4 Å². The van der Waals surface area contributed by atoms with Crippen LogP contribution in [0.15, 0.2) is 46.9 Å². The lowest BCUT2D eigenvalue weighted by Gasteiger charge is -2.32. The summed E-state index contributed by atoms with van der Waals surface area (Å²) in [6, 6.07) is 5.62. The van der Waals surface area contributed by atoms with Gasteiger partial charge in [-0.3, -0.25) is 0 Å². The van der Waals surface area contributed by atoms with Gasteiger partial charge in [0.15, 0.2) is 11.4 Å². The van der Waals surface area contributed by atoms with Crippen LogP contribution in [0.25, 0.3) is 0 Å². The molecule has 7 N–H and O–H groups in total. The van der Waals surface area contributed by atoms with Crippen molar-refractivity contribution in [1.29, 1.82) is 0 Å². The first-order valence-electron chi connectivity index (χ1n) is 8.41. The predicted octanol–water partition coefficient (Wildman–Crippen LogP) is -2.70. The van der Waals surface area contributed by atoms with Gasteiger partial charge in [-0.25, -0.2) is 15.2 Å². The molecule has 29 heavy (non-hydrogen) atoms. The van der Waals surface area contributed by atoms with E-state index >= 15 is 0 Å². The smallest absolute Gasteiger partial charge is 0.337 e. The van der Waals surface area contributed by atoms with Crippen LogP contribution in [-0.4, -0.2) is 34.8 Å². The molecule has 0 aliphatic carbocycles. The van der Waals surface area contributed by atoms with Crippen molar-refractivity contribution in [3.05, 3.63) is 68.1 Å². The van der Waals surface area contributed by atoms with E-state index in [1.165, 1.54) is 31.2 Å². The molecule has 0 saturated heterocycles. The van der Waals surface area contributed by atoms with E-state index in [2.05, 4.69) is 10.2 Å². The summed E-state index contributed by atoms with van der Waals surface area (Å²) in [5, 5.41) is 59.8. The molecule has 160 valence electrons. The van der Waals surface area contributed by atoms with Gasteiger partial charge < -0.3 is 25.7 Å². The van der Waals surface area contributed by atoms with Crippen LogP contribution in [0.4, 0.5) is 5.69 Å². The minimum absolute atomic E-state index is 0.0223. The molecule has 1 aliphatic heterocycles. The third-order valence-electron chi connectivity index (χ3n) is 4.22. The molecule has 1 aromatic carbocycles. The van der Waals surface area contributed by atoms with E-state index in [4.69, 9.17) is 9.94 Å². The fourth-order valence-electron chi connectivity index (χ4n) is 3.07. The van der Waals surface area contributed by atoms with Crippen molar-refractivity contribution < 1.29 is 45.8 Å². The first-order chi connectivity index (χ1) is 13.6. The van der Waals surface area contributed by atoms with Crippen molar-refractivity contribution in [3.8, 4) is 0 Å². The van der Waals surface area contributed by atoms with Crippen LogP contribution in [0.3, 0.4) is 0 Å². The molecule has 13 nitrogen and oxygen atoms in total. The summed E-state index contributed by atoms with van der Waals surface area (Å²) < 4.78 is 5.04. The van der Waals surface area contributed by atoms with Crippen molar-refractivity contribution in [2.45, 2.75) is 19.8 Å². The summed E-state index contributed by atoms with van der Waals surface area (Å²) in [7, 11) is 0. The Bertz CT molecular complexity index is 807. The molecular formula is C16H22N4O9. The molecule has 2 rings (SSSR count). The molecular weight excluding hydrogens is 392 g/mol. The lowest BCUT2D eigenvalue weighted by atomic mass is 9.84. The second-order valence-electron chi connectivity index (χ2n) is 6.12. The zero-order valence-electron chi connectivity index (χ0n) is 15.6. The maximum atomic E-state index is 12.7. The van der Waals surface area contributed by atoms with Crippen molar-refractivity contribution in [1.82, 2.24) is 5.32 Å². The number of hydroxylamine groups is 2. The summed E-state index contributed by atoms with van der Waals surface area (Å²) in [5.74, 6) is -1.96. The molecule has 0 radical (unpaired) electrons. The maximum absolute atomic E-state index is 12.7. The first-order valence-corrected chi connectivity index (χ1v) is 8.41. The Labute approximate surface area is 164 Å². The van der Waals surface area contributed by atoms with Crippen molar-refractivity contribution in [2.24, 2.45) is 0 Å². The van der Waals surface area contributed by atoms with Gasteiger partial charge in [0.25, 0.3) is 0 Å². The van der Waals surface area contributed by atoms with Gasteiger partial charge in [0.1, 0.15) is 13.2 Å². The van der Waals surface area contributed by atoms with E-state index in [1.807, 2.05) is 0 Å². The van der Waals surface area contributed by atoms with Crippen molar-refractivity contribution >= 4 is 11.7 Å². The number of allylic oxidation sites excluding steroid dienone is 3. The lowest BCUT2D eigenvalue weighted by Crippen LogP contribution is -3.03. The Balaban J connectivity index is 2.42. The number of quaternary nitrogens is 3. The number of carbonyl (C=O) groups excluding carboxylic acids is 1. The fraction of sp³-hybridized carbons (Fsp3) is 0.312. The summed E-state index contributed by atoms with van der Waals surface area (Å²) in [6.07, 6.45) is 0. The average molecular weight is 414 g/mol. The summed E-state index contributed by atoms with van der Waals surface area (Å²) in [6.45, 7) is 2.33. The molecule has 0 spiro atoms. The Morgan fingerprint density at radius 2 is 1.79 bits per heavy atom. The van der Waals surface area contributed by atoms with Gasteiger partial charge in [-0.05, 0) is 19.4 Å². The van der Waals surface area contributed by atoms with Crippen LogP contribution in [0, 0.1) is 15.6 Å². The zero-order chi connectivity index (χ0) is 21.7. The van der Waals surface area contributed by atoms with Crippen LogP contribution in [0.5, 0.6) is 0 Å². The normalized spacial score (nSPS) is 20.2. The quantitative estimate of drug-likeness (QED) is 0.134. The second kappa shape index (κ2) is 9.86. The van der Waals surface area contributed by atoms with E-state index in [-0.39, 0.29) is 35.7 Å². The molecule has 0 amide bonds. The van der Waals surface area contributed by atoms with Gasteiger partial charge in [0.05, 0.1) is 17.2 Å². The van der Waals surface area contributed by atoms with E-state index in [0.717, 1.165) is 0 Å². The van der Waals surface area contributed by atoms with Crippen LogP contribution in [0.1, 0.15) is 25.3 Å². The number of carbonyl (C=O) groups is 1. The molecule has 1 aliphatic rings. The van der Waals surface area contributed by atoms with Crippen LogP contribution in [0.2, 0.25) is 0 Å². The third-order valence-corrected chi connectivity index (χ3v) is 4.22. The van der Waals surface area contributed by atoms with Gasteiger partial charge in [-0.15, -0.1) is 0 Å². The first kappa shape index (κ1) is 22.9. The highest BCUT2D eigenvalue weighted by Gasteiger charge is 2.38. The number of hydrogen-bond donors (Lipinski definition) is 7. The van der Waals surface area contributed by atoms with E-state index in [1.54, 1.807) is 6.92 Å². The van der Waals surface area contributed by atoms with Gasteiger partial charge in [-0.2, -0.15) is 20.5 Å². The Hall–Kier alpha value is -2.43. The predicted molar refractivity (Wildman–Crippen MR) is 92.6 cm³/mol. The average Bonchev–Trinajstić information content (AvgIpc) is 2.64. The van der Waals surface area contributed by atoms with Crippen molar-refractivity contribution in [2.75, 3.05) is 13.2 Å². The van der Waals surface area contributed by atoms with E-state index in [0.29, 0.717) is 11.4 Å². The third kappa shape index (κ3) is 5.55. The molecule has 1 heterocycles. The number of hydrogen-bond acceptors (Lipinski definition) is 10. The van der Waals surface area contributed by atoms with Gasteiger partial charge >= 0.3 is 5.97 Å². The molecule has 4 atom stereocenters. The highest BCUT2D eigenvalue weighted by molar-refractivity contribution is 5.92. The van der Waals surface area contributed by atoms with Crippen molar-refractivity contribution in [3.63, 3.8) is 0 Å². The van der Waals surface area contributed by atoms with Gasteiger partial charge in [0, 0.05) is 17.8 Å². The number of esters is 1. The van der Waals surface area contributed by atoms with Gasteiger partial charge in [-0.1, -0.05) is 17.5 Å². The standard InChI is InChI=1S/C16H22N4O9/c1-9-13(16(21)28-6-7-29-20(26)27)14(15(19(24)25)10(2)17-9)11-4-3-5-12(8-11)18(22)23/h3-5,8,14,17-20,22,24,26H,6-7H2,1-2H3. The number of benzene rings is 1. The molecule has 0 bridgehead atoms. The minimum atomic E-state index is -1.52. The number of ether oxygens (including phenoxy) is 1. The summed E-state index contributed by atoms with van der Waals surface area (Å²) in [5.41, 5.74) is 0.700. The van der Waals surface area contributed by atoms with Crippen LogP contribution < -0.4 is 21.2 Å². The van der Waals surface area contributed by atoms with Gasteiger partial charge in [0.2, 0.25) is 0 Å². The molecule has 4 unspecified atom stereocenters. The molecule has 0 aromatic heterocycles. The second-order valence-corrected chi connectivity index (χ2v) is 6.12. The fourth-order valence-corrected chi connectivity index (χ4v) is 3.07. The number of nitrogens with one attached hydrogen (secondary N) is 4. The van der Waals surface area contributed by atoms with E-state index in [9.17, 15) is 30.8 Å². The molecule has 0 fully saturated rings. The number of dihydropyridines is 1. The lowest BCUT2D eigenvalue weighted by molar-refractivity contribution is -1.21. The summed E-state index contributed by atoms with van der Waals surface area (Å²) >= 11 is 0. The largest absolute Gasteiger partial charge is 0.595 e. The SMILES string of the molecule is CC1=C(C(=O)OCCO[NH+]([O-])O)C(c2cccc([NH+]([O-])O)c2)C([NH+]([O-])O)=C(C)N1. The minimum Gasteiger partial charge on any atom is -0.595 e. The number of rotatable bonds is 8. The zero-order valence-corrected chi connectivity index (χ0v) is 15.6. The molecule has 0 saturated carbocycles. The van der Waals surface area contributed by atoms with Crippen LogP contribution >= 0.6 is 0 Å². The Morgan fingerprint density at radius 1 is 1.10 bits per heavy atom. The molecule has 13 heteroatoms. The van der Waals surface area contributed by atoms with E-state index < -0.39 is 27.7 Å². The highest BCUT2D eigenvalue weighted by atomic mass is 17.1.